The Morgan fingerprint density at radius 3 is 2.71 bits per heavy atom. The predicted octanol–water partition coefficient (Wildman–Crippen LogP) is 2.45. The third-order valence-electron chi connectivity index (χ3n) is 3.19. The molecule has 0 heterocycles. The quantitative estimate of drug-likeness (QED) is 0.645. The normalized spacial score (nSPS) is 31.5. The van der Waals surface area contributed by atoms with Gasteiger partial charge < -0.3 is 4.74 Å². The fourth-order valence-corrected chi connectivity index (χ4v) is 2.30. The number of rotatable bonds is 3. The Kier molecular flexibility index (Phi) is 4.26. The predicted molar refractivity (Wildman–Crippen MR) is 51.8 cm³/mol. The second-order valence-electron chi connectivity index (χ2n) is 4.18. The summed E-state index contributed by atoms with van der Waals surface area (Å²) in [6, 6.07) is 2.24. The highest BCUT2D eigenvalue weighted by Gasteiger charge is 2.27. The third kappa shape index (κ3) is 2.92. The van der Waals surface area contributed by atoms with Crippen LogP contribution in [0.4, 0.5) is 0 Å². The minimum Gasteiger partial charge on any atom is -0.427 e. The Morgan fingerprint density at radius 1 is 1.36 bits per heavy atom. The summed E-state index contributed by atoms with van der Waals surface area (Å²) in [6.45, 7) is 2.75. The van der Waals surface area contributed by atoms with Crippen LogP contribution in [0.3, 0.4) is 0 Å². The molecule has 14 heavy (non-hydrogen) atoms. The topological polar surface area (TPSA) is 56.8 Å². The van der Waals surface area contributed by atoms with Crippen LogP contribution in [0.1, 0.15) is 32.6 Å². The summed E-state index contributed by atoms with van der Waals surface area (Å²) in [5.41, 5.74) is 0. The Morgan fingerprint density at radius 2 is 2.14 bits per heavy atom. The lowest BCUT2D eigenvalue weighted by Crippen LogP contribution is -2.25. The molecule has 3 nitrogen and oxygen atoms in total. The minimum absolute atomic E-state index is 0.514. The Labute approximate surface area is 85.3 Å². The van der Waals surface area contributed by atoms with E-state index in [1.807, 2.05) is 0 Å². The van der Waals surface area contributed by atoms with Crippen LogP contribution >= 0.6 is 0 Å². The van der Waals surface area contributed by atoms with Crippen molar-refractivity contribution in [2.45, 2.75) is 32.6 Å². The number of hydrogen-bond acceptors (Lipinski definition) is 3. The van der Waals surface area contributed by atoms with E-state index >= 15 is 0 Å². The summed E-state index contributed by atoms with van der Waals surface area (Å²) in [5, 5.41) is 16.9. The van der Waals surface area contributed by atoms with Crippen LogP contribution in [-0.4, -0.2) is 6.61 Å². The van der Waals surface area contributed by atoms with Gasteiger partial charge in [-0.1, -0.05) is 6.92 Å². The molecule has 0 aromatic rings. The highest BCUT2D eigenvalue weighted by molar-refractivity contribution is 4.84. The molecule has 0 bridgehead atoms. The smallest absolute Gasteiger partial charge is 0.286 e. The van der Waals surface area contributed by atoms with Gasteiger partial charge in [0.25, 0.3) is 6.26 Å². The Bertz CT molecular complexity index is 251. The molecule has 3 unspecified atom stereocenters. The van der Waals surface area contributed by atoms with E-state index in [1.165, 1.54) is 0 Å². The molecule has 0 aromatic carbocycles. The number of ether oxygens (including phenoxy) is 1. The summed E-state index contributed by atoms with van der Waals surface area (Å²) in [5.74, 6) is 1.66. The number of nitriles is 2. The molecule has 3 atom stereocenters. The van der Waals surface area contributed by atoms with Crippen molar-refractivity contribution in [3.8, 4) is 12.3 Å². The van der Waals surface area contributed by atoms with Crippen molar-refractivity contribution in [1.82, 2.24) is 0 Å². The summed E-state index contributed by atoms with van der Waals surface area (Å²) >= 11 is 0. The number of hydrogen-bond donors (Lipinski definition) is 0. The molecule has 0 radical (unpaired) electrons. The van der Waals surface area contributed by atoms with E-state index < -0.39 is 0 Å². The molecule has 1 rings (SSSR count). The van der Waals surface area contributed by atoms with Crippen molar-refractivity contribution in [2.24, 2.45) is 17.8 Å². The van der Waals surface area contributed by atoms with Crippen molar-refractivity contribution in [2.75, 3.05) is 6.61 Å². The second kappa shape index (κ2) is 5.50. The summed E-state index contributed by atoms with van der Waals surface area (Å²) in [4.78, 5) is 0. The summed E-state index contributed by atoms with van der Waals surface area (Å²) in [7, 11) is 0. The van der Waals surface area contributed by atoms with Gasteiger partial charge in [-0.05, 0) is 37.0 Å². The van der Waals surface area contributed by atoms with Crippen LogP contribution in [0, 0.1) is 40.6 Å². The average Bonchev–Trinajstić information content (AvgIpc) is 2.19. The molecule has 0 aromatic heterocycles. The van der Waals surface area contributed by atoms with Gasteiger partial charge in [0.15, 0.2) is 0 Å². The molecular formula is C11H16N2O. The van der Waals surface area contributed by atoms with E-state index in [1.54, 1.807) is 6.26 Å². The lowest BCUT2D eigenvalue weighted by atomic mass is 9.74. The fourth-order valence-electron chi connectivity index (χ4n) is 2.30. The first-order valence-corrected chi connectivity index (χ1v) is 5.15. The van der Waals surface area contributed by atoms with Crippen molar-refractivity contribution in [3.63, 3.8) is 0 Å². The average molecular weight is 192 g/mol. The molecular weight excluding hydrogens is 176 g/mol. The molecule has 0 amide bonds. The summed E-state index contributed by atoms with van der Waals surface area (Å²) in [6.07, 6.45) is 5.68. The van der Waals surface area contributed by atoms with Crippen LogP contribution in [0.5, 0.6) is 0 Å². The van der Waals surface area contributed by atoms with E-state index in [4.69, 9.17) is 15.3 Å². The first-order valence-electron chi connectivity index (χ1n) is 5.15. The second-order valence-corrected chi connectivity index (χ2v) is 4.18. The van der Waals surface area contributed by atoms with Gasteiger partial charge in [-0.3, -0.25) is 0 Å². The van der Waals surface area contributed by atoms with E-state index in [2.05, 4.69) is 13.0 Å². The van der Waals surface area contributed by atoms with E-state index in [0.717, 1.165) is 19.3 Å². The molecule has 1 fully saturated rings. The van der Waals surface area contributed by atoms with Crippen molar-refractivity contribution < 1.29 is 4.74 Å². The maximum Gasteiger partial charge on any atom is 0.286 e. The van der Waals surface area contributed by atoms with Gasteiger partial charge in [-0.2, -0.15) is 10.5 Å². The van der Waals surface area contributed by atoms with Crippen molar-refractivity contribution in [1.29, 1.82) is 10.5 Å². The molecule has 3 heteroatoms. The standard InChI is InChI=1S/C11H16N2O/c1-9-6-10(7-14-8-13)2-3-11(9)4-5-12/h9-11H,2-4,6-7H2,1H3. The monoisotopic (exact) mass is 192 g/mol. The summed E-state index contributed by atoms with van der Waals surface area (Å²) < 4.78 is 4.76. The molecule has 0 N–H and O–H groups in total. The van der Waals surface area contributed by atoms with Crippen LogP contribution < -0.4 is 0 Å². The molecule has 0 aliphatic heterocycles. The van der Waals surface area contributed by atoms with E-state index in [0.29, 0.717) is 30.8 Å². The maximum atomic E-state index is 8.63. The third-order valence-corrected chi connectivity index (χ3v) is 3.19. The van der Waals surface area contributed by atoms with E-state index in [9.17, 15) is 0 Å². The lowest BCUT2D eigenvalue weighted by Gasteiger charge is -2.32. The lowest BCUT2D eigenvalue weighted by molar-refractivity contribution is 0.125. The van der Waals surface area contributed by atoms with Gasteiger partial charge >= 0.3 is 0 Å². The van der Waals surface area contributed by atoms with Gasteiger partial charge in [0.1, 0.15) is 6.61 Å². The zero-order chi connectivity index (χ0) is 10.4. The molecule has 1 aliphatic rings. The van der Waals surface area contributed by atoms with Gasteiger partial charge in [0.05, 0.1) is 6.07 Å². The Hall–Kier alpha value is -1.22. The Balaban J connectivity index is 2.32. The molecule has 1 aliphatic carbocycles. The first kappa shape index (κ1) is 10.9. The highest BCUT2D eigenvalue weighted by Crippen LogP contribution is 2.35. The first-order chi connectivity index (χ1) is 6.77. The SMILES string of the molecule is CC1CC(COC#N)CCC1CC#N. The van der Waals surface area contributed by atoms with Gasteiger partial charge in [-0.25, -0.2) is 0 Å². The molecule has 1 saturated carbocycles. The van der Waals surface area contributed by atoms with Gasteiger partial charge in [-0.15, -0.1) is 0 Å². The molecule has 0 saturated heterocycles. The van der Waals surface area contributed by atoms with Crippen molar-refractivity contribution >= 4 is 0 Å². The van der Waals surface area contributed by atoms with Crippen molar-refractivity contribution in [3.05, 3.63) is 0 Å². The largest absolute Gasteiger partial charge is 0.427 e. The molecule has 0 spiro atoms. The van der Waals surface area contributed by atoms with Crippen LogP contribution in [0.25, 0.3) is 0 Å². The van der Waals surface area contributed by atoms with Gasteiger partial charge in [0.2, 0.25) is 0 Å². The molecule has 76 valence electrons. The van der Waals surface area contributed by atoms with Gasteiger partial charge in [0, 0.05) is 6.42 Å². The van der Waals surface area contributed by atoms with Crippen LogP contribution in [0.2, 0.25) is 0 Å². The maximum absolute atomic E-state index is 8.63. The van der Waals surface area contributed by atoms with Crippen LogP contribution in [-0.2, 0) is 4.74 Å². The highest BCUT2D eigenvalue weighted by atomic mass is 16.5. The number of nitrogens with zero attached hydrogens (tertiary/aromatic N) is 2. The van der Waals surface area contributed by atoms with E-state index in [-0.39, 0.29) is 0 Å². The zero-order valence-corrected chi connectivity index (χ0v) is 8.57. The van der Waals surface area contributed by atoms with Crippen LogP contribution in [0.15, 0.2) is 0 Å². The zero-order valence-electron chi connectivity index (χ0n) is 8.57. The fraction of sp³-hybridized carbons (Fsp3) is 0.818. The minimum atomic E-state index is 0.514.